The number of ether oxygens (including phenoxy) is 2. The summed E-state index contributed by atoms with van der Waals surface area (Å²) < 4.78 is 36.1. The van der Waals surface area contributed by atoms with Crippen LogP contribution in [0.1, 0.15) is 12.5 Å². The average molecular weight is 317 g/mol. The molecule has 0 radical (unpaired) electrons. The van der Waals surface area contributed by atoms with E-state index in [1.165, 1.54) is 40.3 Å². The van der Waals surface area contributed by atoms with Gasteiger partial charge in [-0.2, -0.15) is 4.31 Å². The summed E-state index contributed by atoms with van der Waals surface area (Å²) in [6.07, 6.45) is 0. The summed E-state index contributed by atoms with van der Waals surface area (Å²) >= 11 is 0. The van der Waals surface area contributed by atoms with E-state index >= 15 is 0 Å². The molecule has 0 spiro atoms. The number of carboxylic acid groups (broad SMARTS) is 1. The monoisotopic (exact) mass is 317 g/mol. The number of nitrogens with zero attached hydrogens (tertiary/aromatic N) is 1. The van der Waals surface area contributed by atoms with E-state index in [2.05, 4.69) is 0 Å². The number of carboxylic acids is 1. The number of aryl methyl sites for hydroxylation is 1. The van der Waals surface area contributed by atoms with Crippen LogP contribution in [-0.2, 0) is 14.8 Å². The van der Waals surface area contributed by atoms with Crippen molar-refractivity contribution in [3.05, 3.63) is 17.7 Å². The van der Waals surface area contributed by atoms with Crippen LogP contribution >= 0.6 is 0 Å². The average Bonchev–Trinajstić information content (AvgIpc) is 2.44. The van der Waals surface area contributed by atoms with Gasteiger partial charge in [-0.25, -0.2) is 8.42 Å². The molecule has 0 bridgehead atoms. The fourth-order valence-electron chi connectivity index (χ4n) is 1.76. The van der Waals surface area contributed by atoms with Gasteiger partial charge >= 0.3 is 5.97 Å². The Balaban J connectivity index is 3.41. The van der Waals surface area contributed by atoms with Crippen LogP contribution in [0.25, 0.3) is 0 Å². The van der Waals surface area contributed by atoms with Crippen molar-refractivity contribution >= 4 is 16.0 Å². The number of hydrogen-bond donors (Lipinski definition) is 1. The van der Waals surface area contributed by atoms with Gasteiger partial charge < -0.3 is 14.6 Å². The smallest absolute Gasteiger partial charge is 0.321 e. The number of hydrogen-bond acceptors (Lipinski definition) is 5. The highest BCUT2D eigenvalue weighted by molar-refractivity contribution is 7.89. The van der Waals surface area contributed by atoms with Gasteiger partial charge in [-0.15, -0.1) is 0 Å². The first kappa shape index (κ1) is 17.3. The molecule has 0 aliphatic rings. The third-order valence-corrected chi connectivity index (χ3v) is 5.31. The summed E-state index contributed by atoms with van der Waals surface area (Å²) in [7, 11) is 0.116. The Morgan fingerprint density at radius 1 is 1.24 bits per heavy atom. The van der Waals surface area contributed by atoms with Crippen molar-refractivity contribution in [3.8, 4) is 11.5 Å². The second-order valence-electron chi connectivity index (χ2n) is 4.51. The van der Waals surface area contributed by atoms with Crippen molar-refractivity contribution in [1.82, 2.24) is 4.31 Å². The zero-order valence-corrected chi connectivity index (χ0v) is 13.4. The maximum Gasteiger partial charge on any atom is 0.321 e. The highest BCUT2D eigenvalue weighted by Crippen LogP contribution is 2.33. The molecule has 1 N–H and O–H groups in total. The molecule has 118 valence electrons. The molecule has 0 amide bonds. The molecule has 0 saturated carbocycles. The van der Waals surface area contributed by atoms with E-state index in [1.807, 2.05) is 0 Å². The van der Waals surface area contributed by atoms with Gasteiger partial charge in [0, 0.05) is 13.1 Å². The molecule has 0 aliphatic heterocycles. The maximum absolute atomic E-state index is 12.5. The fraction of sp³-hybridized carbons (Fsp3) is 0.462. The Kier molecular flexibility index (Phi) is 5.19. The molecule has 0 heterocycles. The first-order chi connectivity index (χ1) is 9.66. The predicted molar refractivity (Wildman–Crippen MR) is 76.3 cm³/mol. The second kappa shape index (κ2) is 6.31. The Bertz CT molecular complexity index is 640. The van der Waals surface area contributed by atoms with Gasteiger partial charge in [-0.3, -0.25) is 4.79 Å². The van der Waals surface area contributed by atoms with Gasteiger partial charge in [-0.05, 0) is 25.5 Å². The molecule has 7 nitrogen and oxygen atoms in total. The first-order valence-electron chi connectivity index (χ1n) is 6.10. The van der Waals surface area contributed by atoms with Crippen molar-refractivity contribution in [3.63, 3.8) is 0 Å². The Morgan fingerprint density at radius 2 is 1.71 bits per heavy atom. The lowest BCUT2D eigenvalue weighted by atomic mass is 10.2. The molecule has 1 aromatic rings. The quantitative estimate of drug-likeness (QED) is 0.844. The summed E-state index contributed by atoms with van der Waals surface area (Å²) in [5.74, 6) is -0.555. The fourth-order valence-corrected chi connectivity index (χ4v) is 3.30. The number of rotatable bonds is 6. The van der Waals surface area contributed by atoms with Crippen molar-refractivity contribution in [1.29, 1.82) is 0 Å². The molecule has 0 aliphatic carbocycles. The van der Waals surface area contributed by atoms with Gasteiger partial charge in [0.05, 0.1) is 19.1 Å². The SMILES string of the molecule is COc1cc(C)c(S(=O)(=O)N(C)C(C)C(=O)O)cc1OC. The summed E-state index contributed by atoms with van der Waals surface area (Å²) in [6, 6.07) is 1.68. The van der Waals surface area contributed by atoms with Gasteiger partial charge in [0.25, 0.3) is 0 Å². The minimum atomic E-state index is -3.95. The number of carbonyl (C=O) groups is 1. The van der Waals surface area contributed by atoms with E-state index in [4.69, 9.17) is 14.6 Å². The predicted octanol–water partition coefficient (Wildman–Crippen LogP) is 1.11. The molecule has 0 saturated heterocycles. The van der Waals surface area contributed by atoms with Crippen LogP contribution in [0.2, 0.25) is 0 Å². The number of benzene rings is 1. The van der Waals surface area contributed by atoms with E-state index in [-0.39, 0.29) is 10.6 Å². The Hall–Kier alpha value is -1.80. The van der Waals surface area contributed by atoms with Crippen molar-refractivity contribution in [2.45, 2.75) is 24.8 Å². The summed E-state index contributed by atoms with van der Waals surface area (Å²) in [4.78, 5) is 11.0. The van der Waals surface area contributed by atoms with Gasteiger partial charge in [0.1, 0.15) is 6.04 Å². The van der Waals surface area contributed by atoms with E-state index in [0.29, 0.717) is 11.3 Å². The molecule has 1 unspecified atom stereocenters. The molecule has 1 rings (SSSR count). The third-order valence-electron chi connectivity index (χ3n) is 3.24. The van der Waals surface area contributed by atoms with Crippen molar-refractivity contribution in [2.24, 2.45) is 0 Å². The topological polar surface area (TPSA) is 93.1 Å². The molecule has 1 atom stereocenters. The van der Waals surface area contributed by atoms with Crippen LogP contribution in [0.4, 0.5) is 0 Å². The summed E-state index contributed by atoms with van der Waals surface area (Å²) in [5.41, 5.74) is 0.442. The summed E-state index contributed by atoms with van der Waals surface area (Å²) in [5, 5.41) is 8.96. The molecule has 21 heavy (non-hydrogen) atoms. The molecule has 1 aromatic carbocycles. The largest absolute Gasteiger partial charge is 0.493 e. The second-order valence-corrected chi connectivity index (χ2v) is 6.47. The minimum absolute atomic E-state index is 0.0178. The van der Waals surface area contributed by atoms with Crippen LogP contribution < -0.4 is 9.47 Å². The lowest BCUT2D eigenvalue weighted by Gasteiger charge is -2.22. The Labute approximate surface area is 124 Å². The van der Waals surface area contributed by atoms with E-state index in [9.17, 15) is 13.2 Å². The highest BCUT2D eigenvalue weighted by Gasteiger charge is 2.31. The van der Waals surface area contributed by atoms with Gasteiger partial charge in [0.2, 0.25) is 10.0 Å². The molecular weight excluding hydrogens is 298 g/mol. The number of methoxy groups -OCH3 is 2. The van der Waals surface area contributed by atoms with Crippen LogP contribution in [0.3, 0.4) is 0 Å². The van der Waals surface area contributed by atoms with Crippen molar-refractivity contribution in [2.75, 3.05) is 21.3 Å². The van der Waals surface area contributed by atoms with Gasteiger partial charge in [0.15, 0.2) is 11.5 Å². The van der Waals surface area contributed by atoms with Crippen LogP contribution in [-0.4, -0.2) is 51.1 Å². The Morgan fingerprint density at radius 3 is 2.14 bits per heavy atom. The zero-order chi connectivity index (χ0) is 16.4. The first-order valence-corrected chi connectivity index (χ1v) is 7.54. The molecular formula is C13H19NO6S. The lowest BCUT2D eigenvalue weighted by Crippen LogP contribution is -2.40. The standard InChI is InChI=1S/C13H19NO6S/c1-8-6-10(19-4)11(20-5)7-12(8)21(17,18)14(3)9(2)13(15)16/h6-7,9H,1-5H3,(H,15,16). The van der Waals surface area contributed by atoms with Crippen molar-refractivity contribution < 1.29 is 27.8 Å². The number of likely N-dealkylation sites (N-methyl/N-ethyl adjacent to an activating group) is 1. The minimum Gasteiger partial charge on any atom is -0.493 e. The van der Waals surface area contributed by atoms with Crippen LogP contribution in [0.5, 0.6) is 11.5 Å². The van der Waals surface area contributed by atoms with E-state index in [0.717, 1.165) is 4.31 Å². The van der Waals surface area contributed by atoms with Crippen LogP contribution in [0.15, 0.2) is 17.0 Å². The third kappa shape index (κ3) is 3.27. The van der Waals surface area contributed by atoms with E-state index < -0.39 is 22.0 Å². The van der Waals surface area contributed by atoms with Gasteiger partial charge in [-0.1, -0.05) is 0 Å². The van der Waals surface area contributed by atoms with Crippen LogP contribution in [0, 0.1) is 6.92 Å². The number of sulfonamides is 1. The maximum atomic E-state index is 12.5. The molecule has 8 heteroatoms. The highest BCUT2D eigenvalue weighted by atomic mass is 32.2. The summed E-state index contributed by atoms with van der Waals surface area (Å²) in [6.45, 7) is 2.91. The molecule has 0 fully saturated rings. The zero-order valence-electron chi connectivity index (χ0n) is 12.6. The molecule has 0 aromatic heterocycles. The lowest BCUT2D eigenvalue weighted by molar-refractivity contribution is -0.140. The van der Waals surface area contributed by atoms with E-state index in [1.54, 1.807) is 6.92 Å². The number of aliphatic carboxylic acids is 1. The normalized spacial score (nSPS) is 13.0.